The largest absolute Gasteiger partial charge is 0.325 e. The Morgan fingerprint density at radius 3 is 2.25 bits per heavy atom. The van der Waals surface area contributed by atoms with Crippen LogP contribution in [0.3, 0.4) is 0 Å². The van der Waals surface area contributed by atoms with Gasteiger partial charge in [-0.15, -0.1) is 0 Å². The van der Waals surface area contributed by atoms with Crippen LogP contribution in [0.4, 0.5) is 11.6 Å². The van der Waals surface area contributed by atoms with Gasteiger partial charge < -0.3 is 10.2 Å². The molecule has 0 saturated carbocycles. The van der Waals surface area contributed by atoms with Gasteiger partial charge in [0.25, 0.3) is 0 Å². The minimum Gasteiger partial charge on any atom is -0.325 e. The summed E-state index contributed by atoms with van der Waals surface area (Å²) in [6.07, 6.45) is 5.20. The fraction of sp³-hybridized carbons (Fsp3) is 0.240. The number of hydrogen-bond acceptors (Lipinski definition) is 7. The van der Waals surface area contributed by atoms with Crippen molar-refractivity contribution >= 4 is 11.6 Å². The third-order valence-corrected chi connectivity index (χ3v) is 4.97. The van der Waals surface area contributed by atoms with Crippen molar-refractivity contribution in [2.75, 3.05) is 26.0 Å². The molecule has 0 atom stereocenters. The van der Waals surface area contributed by atoms with E-state index in [4.69, 9.17) is 0 Å². The Hall–Kier alpha value is -3.71. The number of aromatic nitrogens is 5. The van der Waals surface area contributed by atoms with Crippen molar-refractivity contribution in [2.45, 2.75) is 19.8 Å². The van der Waals surface area contributed by atoms with Gasteiger partial charge in [0.1, 0.15) is 23.2 Å². The van der Waals surface area contributed by atoms with Crippen LogP contribution in [0.1, 0.15) is 22.6 Å². The molecule has 0 unspecified atom stereocenters. The van der Waals surface area contributed by atoms with Crippen molar-refractivity contribution in [3.05, 3.63) is 89.6 Å². The van der Waals surface area contributed by atoms with E-state index in [1.807, 2.05) is 37.3 Å². The summed E-state index contributed by atoms with van der Waals surface area (Å²) in [7, 11) is 4.18. The van der Waals surface area contributed by atoms with Gasteiger partial charge in [0.15, 0.2) is 5.82 Å². The summed E-state index contributed by atoms with van der Waals surface area (Å²) in [6, 6.07) is 18.1. The average Bonchev–Trinajstić information content (AvgIpc) is 2.79. The Labute approximate surface area is 188 Å². The first-order chi connectivity index (χ1) is 15.5. The molecule has 0 aliphatic heterocycles. The van der Waals surface area contributed by atoms with Gasteiger partial charge in [0, 0.05) is 31.1 Å². The van der Waals surface area contributed by atoms with Gasteiger partial charge >= 0.3 is 0 Å². The van der Waals surface area contributed by atoms with E-state index in [1.165, 1.54) is 11.1 Å². The van der Waals surface area contributed by atoms with Crippen molar-refractivity contribution in [2.24, 2.45) is 0 Å². The van der Waals surface area contributed by atoms with E-state index in [9.17, 15) is 0 Å². The fourth-order valence-electron chi connectivity index (χ4n) is 3.26. The molecule has 3 heterocycles. The molecule has 162 valence electrons. The molecule has 0 radical (unpaired) electrons. The SMILES string of the molecule is Cc1cccc(-c2nccc(Nc3ccnc(Cc4ccc(CCN(C)C)cc4)n3)n2)n1. The fourth-order valence-corrected chi connectivity index (χ4v) is 3.26. The molecule has 0 amide bonds. The molecule has 32 heavy (non-hydrogen) atoms. The van der Waals surface area contributed by atoms with E-state index in [0.717, 1.165) is 30.2 Å². The molecule has 0 spiro atoms. The molecular weight excluding hydrogens is 398 g/mol. The van der Waals surface area contributed by atoms with Gasteiger partial charge in [0.05, 0.1) is 0 Å². The molecule has 7 heteroatoms. The highest BCUT2D eigenvalue weighted by Crippen LogP contribution is 2.17. The maximum Gasteiger partial charge on any atom is 0.180 e. The first-order valence-corrected chi connectivity index (χ1v) is 10.6. The summed E-state index contributed by atoms with van der Waals surface area (Å²) in [5, 5.41) is 3.26. The van der Waals surface area contributed by atoms with E-state index in [2.05, 4.69) is 73.5 Å². The second-order valence-corrected chi connectivity index (χ2v) is 7.96. The number of aryl methyl sites for hydroxylation is 1. The summed E-state index contributed by atoms with van der Waals surface area (Å²) < 4.78 is 0. The van der Waals surface area contributed by atoms with Gasteiger partial charge in [-0.1, -0.05) is 30.3 Å². The molecule has 0 aliphatic carbocycles. The molecular formula is C25H27N7. The van der Waals surface area contributed by atoms with E-state index in [1.54, 1.807) is 12.4 Å². The minimum absolute atomic E-state index is 0.572. The first kappa shape index (κ1) is 21.5. The summed E-state index contributed by atoms with van der Waals surface area (Å²) in [6.45, 7) is 2.99. The molecule has 0 fully saturated rings. The molecule has 4 aromatic rings. The lowest BCUT2D eigenvalue weighted by Crippen LogP contribution is -2.14. The van der Waals surface area contributed by atoms with Crippen molar-refractivity contribution in [3.8, 4) is 11.5 Å². The van der Waals surface area contributed by atoms with Crippen LogP contribution in [0.25, 0.3) is 11.5 Å². The standard InChI is InChI=1S/C25H27N7/c1-18-5-4-6-21(28-18)25-27-15-12-23(31-25)29-22-11-14-26-24(30-22)17-20-9-7-19(8-10-20)13-16-32(2)3/h4-12,14-15H,13,16-17H2,1-3H3,(H,26,27,29,30,31). The third-order valence-electron chi connectivity index (χ3n) is 4.97. The van der Waals surface area contributed by atoms with Crippen molar-refractivity contribution in [3.63, 3.8) is 0 Å². The maximum absolute atomic E-state index is 4.66. The van der Waals surface area contributed by atoms with E-state index in [0.29, 0.717) is 23.9 Å². The lowest BCUT2D eigenvalue weighted by atomic mass is 10.1. The summed E-state index contributed by atoms with van der Waals surface area (Å²) in [5.74, 6) is 2.68. The average molecular weight is 426 g/mol. The maximum atomic E-state index is 4.66. The number of nitrogens with one attached hydrogen (secondary N) is 1. The lowest BCUT2D eigenvalue weighted by molar-refractivity contribution is 0.413. The van der Waals surface area contributed by atoms with Gasteiger partial charge in [-0.25, -0.2) is 24.9 Å². The topological polar surface area (TPSA) is 79.7 Å². The van der Waals surface area contributed by atoms with Crippen LogP contribution in [-0.4, -0.2) is 50.5 Å². The Morgan fingerprint density at radius 1 is 0.781 bits per heavy atom. The second kappa shape index (κ2) is 10.1. The van der Waals surface area contributed by atoms with Gasteiger partial charge in [-0.3, -0.25) is 0 Å². The number of anilines is 2. The zero-order chi connectivity index (χ0) is 22.3. The smallest absolute Gasteiger partial charge is 0.180 e. The van der Waals surface area contributed by atoms with Gasteiger partial charge in [0.2, 0.25) is 0 Å². The van der Waals surface area contributed by atoms with Crippen molar-refractivity contribution < 1.29 is 0 Å². The lowest BCUT2D eigenvalue weighted by Gasteiger charge is -2.10. The number of benzene rings is 1. The van der Waals surface area contributed by atoms with Crippen molar-refractivity contribution in [1.29, 1.82) is 0 Å². The second-order valence-electron chi connectivity index (χ2n) is 7.96. The van der Waals surface area contributed by atoms with E-state index < -0.39 is 0 Å². The number of likely N-dealkylation sites (N-methyl/N-ethyl adjacent to an activating group) is 1. The molecule has 1 aromatic carbocycles. The molecule has 0 saturated heterocycles. The van der Waals surface area contributed by atoms with Crippen LogP contribution in [0.5, 0.6) is 0 Å². The highest BCUT2D eigenvalue weighted by molar-refractivity contribution is 5.56. The zero-order valence-electron chi connectivity index (χ0n) is 18.7. The van der Waals surface area contributed by atoms with Gasteiger partial charge in [-0.2, -0.15) is 0 Å². The first-order valence-electron chi connectivity index (χ1n) is 10.6. The zero-order valence-corrected chi connectivity index (χ0v) is 18.7. The Morgan fingerprint density at radius 2 is 1.50 bits per heavy atom. The highest BCUT2D eigenvalue weighted by atomic mass is 15.1. The molecule has 0 bridgehead atoms. The predicted molar refractivity (Wildman–Crippen MR) is 127 cm³/mol. The van der Waals surface area contributed by atoms with Crippen LogP contribution in [0, 0.1) is 6.92 Å². The monoisotopic (exact) mass is 425 g/mol. The molecule has 0 aliphatic rings. The molecule has 1 N–H and O–H groups in total. The quantitative estimate of drug-likeness (QED) is 0.456. The number of nitrogens with zero attached hydrogens (tertiary/aromatic N) is 6. The summed E-state index contributed by atoms with van der Waals surface area (Å²) >= 11 is 0. The number of rotatable bonds is 8. The van der Waals surface area contributed by atoms with Gasteiger partial charge in [-0.05, 0) is 62.8 Å². The van der Waals surface area contributed by atoms with Crippen LogP contribution in [0.2, 0.25) is 0 Å². The van der Waals surface area contributed by atoms with Crippen LogP contribution in [-0.2, 0) is 12.8 Å². The van der Waals surface area contributed by atoms with Crippen molar-refractivity contribution in [1.82, 2.24) is 29.8 Å². The van der Waals surface area contributed by atoms with Crippen LogP contribution >= 0.6 is 0 Å². The molecule has 3 aromatic heterocycles. The van der Waals surface area contributed by atoms with Crippen LogP contribution in [0.15, 0.2) is 67.0 Å². The minimum atomic E-state index is 0.572. The molecule has 4 rings (SSSR count). The normalized spacial score (nSPS) is 11.0. The van der Waals surface area contributed by atoms with E-state index in [-0.39, 0.29) is 0 Å². The van der Waals surface area contributed by atoms with Crippen LogP contribution < -0.4 is 5.32 Å². The van der Waals surface area contributed by atoms with E-state index >= 15 is 0 Å². The third kappa shape index (κ3) is 5.92. The Kier molecular flexibility index (Phi) is 6.77. The Bertz CT molecular complexity index is 1170. The predicted octanol–water partition coefficient (Wildman–Crippen LogP) is 4.08. The Balaban J connectivity index is 1.44. The number of pyridine rings is 1. The molecule has 7 nitrogen and oxygen atoms in total. The number of hydrogen-bond donors (Lipinski definition) is 1. The highest BCUT2D eigenvalue weighted by Gasteiger charge is 2.07. The summed E-state index contributed by atoms with van der Waals surface area (Å²) in [5.41, 5.74) is 4.19. The summed E-state index contributed by atoms with van der Waals surface area (Å²) in [4.78, 5) is 24.7.